The molecule has 4 heteroatoms. The van der Waals surface area contributed by atoms with Crippen molar-refractivity contribution in [3.63, 3.8) is 0 Å². The molecule has 0 amide bonds. The van der Waals surface area contributed by atoms with E-state index in [0.29, 0.717) is 5.56 Å². The third kappa shape index (κ3) is 2.62. The van der Waals surface area contributed by atoms with Crippen LogP contribution in [0.3, 0.4) is 0 Å². The maximum absolute atomic E-state index is 11.1. The highest BCUT2D eigenvalue weighted by Gasteiger charge is 2.17. The molecular formula is C17H18N2O2. The number of hydrogen-bond acceptors (Lipinski definition) is 3. The van der Waals surface area contributed by atoms with E-state index in [-0.39, 0.29) is 0 Å². The number of carboxylic acids is 1. The largest absolute Gasteiger partial charge is 0.478 e. The minimum absolute atomic E-state index is 0.293. The van der Waals surface area contributed by atoms with Crippen LogP contribution >= 0.6 is 0 Å². The third-order valence-corrected chi connectivity index (χ3v) is 4.00. The first-order chi connectivity index (χ1) is 10.0. The Bertz CT molecular complexity index is 710. The van der Waals surface area contributed by atoms with Gasteiger partial charge in [0.05, 0.1) is 5.56 Å². The second-order valence-corrected chi connectivity index (χ2v) is 5.58. The highest BCUT2D eigenvalue weighted by molar-refractivity contribution is 5.89. The number of aromatic carboxylic acids is 1. The quantitative estimate of drug-likeness (QED) is 0.831. The smallest absolute Gasteiger partial charge is 0.335 e. The van der Waals surface area contributed by atoms with Crippen LogP contribution in [0, 0.1) is 0 Å². The summed E-state index contributed by atoms with van der Waals surface area (Å²) in [5.41, 5.74) is 11.6. The molecule has 0 spiro atoms. The van der Waals surface area contributed by atoms with Crippen molar-refractivity contribution >= 4 is 11.7 Å². The van der Waals surface area contributed by atoms with Crippen molar-refractivity contribution in [3.05, 3.63) is 53.1 Å². The molecule has 0 aromatic heterocycles. The molecule has 0 fully saturated rings. The molecule has 0 saturated carbocycles. The normalized spacial score (nSPS) is 14.7. The SMILES string of the molecule is CN1CCc2c(N)cc(-c3cccc(C(=O)O)c3)cc2C1. The Balaban J connectivity index is 2.07. The summed E-state index contributed by atoms with van der Waals surface area (Å²) >= 11 is 0. The van der Waals surface area contributed by atoms with E-state index in [1.54, 1.807) is 18.2 Å². The van der Waals surface area contributed by atoms with Gasteiger partial charge >= 0.3 is 5.97 Å². The van der Waals surface area contributed by atoms with Gasteiger partial charge in [-0.05, 0) is 60.0 Å². The summed E-state index contributed by atoms with van der Waals surface area (Å²) in [7, 11) is 2.09. The van der Waals surface area contributed by atoms with E-state index in [9.17, 15) is 4.79 Å². The molecule has 0 radical (unpaired) electrons. The molecule has 3 N–H and O–H groups in total. The fraction of sp³-hybridized carbons (Fsp3) is 0.235. The maximum Gasteiger partial charge on any atom is 0.335 e. The Morgan fingerprint density at radius 3 is 2.81 bits per heavy atom. The number of likely N-dealkylation sites (N-methyl/N-ethyl adjacent to an activating group) is 1. The molecule has 2 aromatic carbocycles. The molecule has 2 aromatic rings. The zero-order valence-corrected chi connectivity index (χ0v) is 12.0. The lowest BCUT2D eigenvalue weighted by Crippen LogP contribution is -2.27. The molecule has 4 nitrogen and oxygen atoms in total. The molecule has 108 valence electrons. The van der Waals surface area contributed by atoms with Crippen molar-refractivity contribution in [2.45, 2.75) is 13.0 Å². The fourth-order valence-corrected chi connectivity index (χ4v) is 2.87. The average Bonchev–Trinajstić information content (AvgIpc) is 2.46. The molecule has 0 saturated heterocycles. The molecule has 3 rings (SSSR count). The first kappa shape index (κ1) is 13.6. The Morgan fingerprint density at radius 1 is 1.24 bits per heavy atom. The molecule has 0 atom stereocenters. The number of carboxylic acid groups (broad SMARTS) is 1. The van der Waals surface area contributed by atoms with E-state index >= 15 is 0 Å². The van der Waals surface area contributed by atoms with Gasteiger partial charge in [-0.1, -0.05) is 12.1 Å². The lowest BCUT2D eigenvalue weighted by Gasteiger charge is -2.26. The number of nitrogens with two attached hydrogens (primary N) is 1. The molecule has 0 aliphatic carbocycles. The number of rotatable bonds is 2. The molecule has 0 unspecified atom stereocenters. The van der Waals surface area contributed by atoms with Gasteiger partial charge < -0.3 is 15.7 Å². The molecule has 21 heavy (non-hydrogen) atoms. The van der Waals surface area contributed by atoms with Gasteiger partial charge in [0.1, 0.15) is 0 Å². The van der Waals surface area contributed by atoms with Crippen LogP contribution in [0.15, 0.2) is 36.4 Å². The summed E-state index contributed by atoms with van der Waals surface area (Å²) in [4.78, 5) is 13.4. The van der Waals surface area contributed by atoms with Crippen LogP contribution in [-0.2, 0) is 13.0 Å². The minimum atomic E-state index is -0.914. The van der Waals surface area contributed by atoms with Crippen molar-refractivity contribution < 1.29 is 9.90 Å². The van der Waals surface area contributed by atoms with Crippen molar-refractivity contribution in [2.75, 3.05) is 19.3 Å². The van der Waals surface area contributed by atoms with E-state index < -0.39 is 5.97 Å². The van der Waals surface area contributed by atoms with Crippen LogP contribution in [0.25, 0.3) is 11.1 Å². The topological polar surface area (TPSA) is 66.6 Å². The summed E-state index contributed by atoms with van der Waals surface area (Å²) in [6.45, 7) is 1.90. The third-order valence-electron chi connectivity index (χ3n) is 4.00. The standard InChI is InChI=1S/C17H18N2O2/c1-19-6-5-15-14(10-19)8-13(9-16(15)18)11-3-2-4-12(7-11)17(20)21/h2-4,7-9H,5-6,10,18H2,1H3,(H,20,21). The fourth-order valence-electron chi connectivity index (χ4n) is 2.87. The zero-order chi connectivity index (χ0) is 15.0. The first-order valence-electron chi connectivity index (χ1n) is 6.98. The Kier molecular flexibility index (Phi) is 3.39. The molecule has 1 aliphatic heterocycles. The average molecular weight is 282 g/mol. The van der Waals surface area contributed by atoms with Crippen molar-refractivity contribution in [1.29, 1.82) is 0 Å². The van der Waals surface area contributed by atoms with Crippen LogP contribution in [0.1, 0.15) is 21.5 Å². The van der Waals surface area contributed by atoms with Crippen LogP contribution in [0.2, 0.25) is 0 Å². The van der Waals surface area contributed by atoms with Gasteiger partial charge in [-0.2, -0.15) is 0 Å². The van der Waals surface area contributed by atoms with Gasteiger partial charge in [-0.15, -0.1) is 0 Å². The van der Waals surface area contributed by atoms with E-state index in [2.05, 4.69) is 18.0 Å². The first-order valence-corrected chi connectivity index (χ1v) is 6.98. The zero-order valence-electron chi connectivity index (χ0n) is 12.0. The van der Waals surface area contributed by atoms with E-state index in [1.165, 1.54) is 11.1 Å². The van der Waals surface area contributed by atoms with Crippen molar-refractivity contribution in [1.82, 2.24) is 4.90 Å². The summed E-state index contributed by atoms with van der Waals surface area (Å²) in [5.74, 6) is -0.914. The number of nitrogen functional groups attached to an aromatic ring is 1. The summed E-state index contributed by atoms with van der Waals surface area (Å²) in [6.07, 6.45) is 0.965. The summed E-state index contributed by atoms with van der Waals surface area (Å²) in [6, 6.07) is 11.0. The highest BCUT2D eigenvalue weighted by atomic mass is 16.4. The number of hydrogen-bond donors (Lipinski definition) is 2. The van der Waals surface area contributed by atoms with Crippen LogP contribution < -0.4 is 5.73 Å². The molecular weight excluding hydrogens is 264 g/mol. The van der Waals surface area contributed by atoms with E-state index in [0.717, 1.165) is 36.3 Å². The predicted octanol–water partition coefficient (Wildman–Crippen LogP) is 2.62. The lowest BCUT2D eigenvalue weighted by molar-refractivity contribution is 0.0697. The van der Waals surface area contributed by atoms with Crippen LogP contribution in [0.4, 0.5) is 5.69 Å². The number of carbonyl (C=O) groups is 1. The number of benzene rings is 2. The van der Waals surface area contributed by atoms with Gasteiger partial charge in [0, 0.05) is 18.8 Å². The monoisotopic (exact) mass is 282 g/mol. The predicted molar refractivity (Wildman–Crippen MR) is 83.3 cm³/mol. The summed E-state index contributed by atoms with van der Waals surface area (Å²) in [5, 5.41) is 9.11. The number of nitrogens with zero attached hydrogens (tertiary/aromatic N) is 1. The van der Waals surface area contributed by atoms with Gasteiger partial charge in [0.2, 0.25) is 0 Å². The van der Waals surface area contributed by atoms with E-state index in [1.807, 2.05) is 12.1 Å². The Morgan fingerprint density at radius 2 is 2.05 bits per heavy atom. The highest BCUT2D eigenvalue weighted by Crippen LogP contribution is 2.31. The number of anilines is 1. The summed E-state index contributed by atoms with van der Waals surface area (Å²) < 4.78 is 0. The van der Waals surface area contributed by atoms with Gasteiger partial charge in [-0.25, -0.2) is 4.79 Å². The van der Waals surface area contributed by atoms with Gasteiger partial charge in [-0.3, -0.25) is 0 Å². The molecule has 1 heterocycles. The van der Waals surface area contributed by atoms with Crippen molar-refractivity contribution in [3.8, 4) is 11.1 Å². The van der Waals surface area contributed by atoms with Gasteiger partial charge in [0.15, 0.2) is 0 Å². The molecule has 0 bridgehead atoms. The Hall–Kier alpha value is -2.33. The number of fused-ring (bicyclic) bond motifs is 1. The van der Waals surface area contributed by atoms with E-state index in [4.69, 9.17) is 10.8 Å². The van der Waals surface area contributed by atoms with Crippen molar-refractivity contribution in [2.24, 2.45) is 0 Å². The second kappa shape index (κ2) is 5.22. The van der Waals surface area contributed by atoms with Crippen LogP contribution in [-0.4, -0.2) is 29.6 Å². The Labute approximate surface area is 123 Å². The van der Waals surface area contributed by atoms with Crippen LogP contribution in [0.5, 0.6) is 0 Å². The van der Waals surface area contributed by atoms with Gasteiger partial charge in [0.25, 0.3) is 0 Å². The lowest BCUT2D eigenvalue weighted by atomic mass is 9.93. The maximum atomic E-state index is 11.1. The molecule has 1 aliphatic rings. The second-order valence-electron chi connectivity index (χ2n) is 5.58. The minimum Gasteiger partial charge on any atom is -0.478 e.